The van der Waals surface area contributed by atoms with Crippen LogP contribution in [0, 0.1) is 6.92 Å². The molecule has 11 heteroatoms. The van der Waals surface area contributed by atoms with Gasteiger partial charge in [-0.25, -0.2) is 9.78 Å². The minimum Gasteiger partial charge on any atom is -0.486 e. The van der Waals surface area contributed by atoms with Gasteiger partial charge in [0.05, 0.1) is 25.6 Å². The Bertz CT molecular complexity index is 1270. The number of H-pyrrole nitrogens is 1. The Morgan fingerprint density at radius 3 is 2.76 bits per heavy atom. The van der Waals surface area contributed by atoms with Crippen LogP contribution in [0.5, 0.6) is 11.5 Å². The molecule has 0 unspecified atom stereocenters. The second-order valence-electron chi connectivity index (χ2n) is 7.45. The van der Waals surface area contributed by atoms with Gasteiger partial charge in [-0.15, -0.1) is 11.3 Å². The minimum absolute atomic E-state index is 0.101. The van der Waals surface area contributed by atoms with Crippen molar-refractivity contribution in [2.75, 3.05) is 38.7 Å². The van der Waals surface area contributed by atoms with Gasteiger partial charge in [-0.05, 0) is 31.2 Å². The van der Waals surface area contributed by atoms with Crippen LogP contribution in [0.25, 0.3) is 10.2 Å². The van der Waals surface area contributed by atoms with E-state index in [1.54, 1.807) is 25.1 Å². The summed E-state index contributed by atoms with van der Waals surface area (Å²) in [4.78, 5) is 47.1. The highest BCUT2D eigenvalue weighted by atomic mass is 32.1. The number of amides is 1. The summed E-state index contributed by atoms with van der Waals surface area (Å²) in [6.07, 6.45) is 0. The number of rotatable bonds is 7. The third-order valence-electron chi connectivity index (χ3n) is 5.23. The second kappa shape index (κ2) is 9.59. The van der Waals surface area contributed by atoms with Crippen molar-refractivity contribution in [2.45, 2.75) is 20.4 Å². The number of benzene rings is 1. The monoisotopic (exact) mass is 472 g/mol. The first-order valence-electron chi connectivity index (χ1n) is 10.4. The van der Waals surface area contributed by atoms with Crippen LogP contribution in [0.1, 0.15) is 28.0 Å². The first kappa shape index (κ1) is 22.7. The maximum Gasteiger partial charge on any atom is 0.348 e. The number of aromatic amines is 1. The number of nitrogens with one attached hydrogen (secondary N) is 2. The van der Waals surface area contributed by atoms with Gasteiger partial charge in [0.15, 0.2) is 11.5 Å². The molecule has 0 spiro atoms. The fourth-order valence-electron chi connectivity index (χ4n) is 3.57. The molecule has 1 aliphatic rings. The third-order valence-corrected chi connectivity index (χ3v) is 6.40. The average Bonchev–Trinajstić information content (AvgIpc) is 3.14. The Morgan fingerprint density at radius 1 is 1.27 bits per heavy atom. The molecule has 2 aromatic heterocycles. The van der Waals surface area contributed by atoms with Crippen LogP contribution in [-0.4, -0.2) is 60.2 Å². The summed E-state index contributed by atoms with van der Waals surface area (Å²) in [5.74, 6) is 0.955. The molecule has 1 aromatic carbocycles. The predicted molar refractivity (Wildman–Crippen MR) is 123 cm³/mol. The lowest BCUT2D eigenvalue weighted by Gasteiger charge is -2.21. The molecule has 1 amide bonds. The highest BCUT2D eigenvalue weighted by molar-refractivity contribution is 7.20. The largest absolute Gasteiger partial charge is 0.486 e. The average molecular weight is 473 g/mol. The van der Waals surface area contributed by atoms with Gasteiger partial charge >= 0.3 is 5.97 Å². The fourth-order valence-corrected chi connectivity index (χ4v) is 4.69. The van der Waals surface area contributed by atoms with Crippen molar-refractivity contribution in [3.05, 3.63) is 44.8 Å². The molecule has 0 atom stereocenters. The van der Waals surface area contributed by atoms with E-state index in [0.29, 0.717) is 63.4 Å². The zero-order valence-electron chi connectivity index (χ0n) is 18.5. The van der Waals surface area contributed by atoms with Crippen LogP contribution in [0.2, 0.25) is 0 Å². The maximum atomic E-state index is 12.6. The Hall–Kier alpha value is -3.44. The summed E-state index contributed by atoms with van der Waals surface area (Å²) < 4.78 is 15.8. The van der Waals surface area contributed by atoms with E-state index >= 15 is 0 Å². The van der Waals surface area contributed by atoms with Crippen molar-refractivity contribution in [1.29, 1.82) is 0 Å². The van der Waals surface area contributed by atoms with E-state index in [-0.39, 0.29) is 24.6 Å². The molecule has 10 nitrogen and oxygen atoms in total. The molecule has 0 fully saturated rings. The first-order valence-corrected chi connectivity index (χ1v) is 11.2. The molecule has 33 heavy (non-hydrogen) atoms. The third kappa shape index (κ3) is 4.83. The topological polar surface area (TPSA) is 123 Å². The molecule has 0 bridgehead atoms. The lowest BCUT2D eigenvalue weighted by Crippen LogP contribution is -2.33. The molecule has 2 N–H and O–H groups in total. The number of methoxy groups -OCH3 is 1. The number of carbonyl (C=O) groups excluding carboxylic acids is 2. The van der Waals surface area contributed by atoms with Gasteiger partial charge in [-0.3, -0.25) is 14.5 Å². The molecule has 3 aromatic rings. The lowest BCUT2D eigenvalue weighted by molar-refractivity contribution is -0.117. The van der Waals surface area contributed by atoms with Crippen molar-refractivity contribution < 1.29 is 23.8 Å². The number of aryl methyl sites for hydroxylation is 1. The highest BCUT2D eigenvalue weighted by Gasteiger charge is 2.21. The van der Waals surface area contributed by atoms with Gasteiger partial charge < -0.3 is 24.5 Å². The number of thiophene rings is 1. The standard InChI is InChI=1S/C22H24N4O6S/c1-4-26(11-17(27)23-13-5-6-14-15(9-13)32-8-7-31-14)10-16-24-20(28)18-12(2)19(22(29)30-3)33-21(18)25-16/h5-6,9H,4,7-8,10-11H2,1-3H3,(H,23,27)(H,24,25,28). The molecule has 174 valence electrons. The number of aromatic nitrogens is 2. The van der Waals surface area contributed by atoms with Gasteiger partial charge in [0.25, 0.3) is 5.56 Å². The fraction of sp³-hybridized carbons (Fsp3) is 0.364. The quantitative estimate of drug-likeness (QED) is 0.502. The summed E-state index contributed by atoms with van der Waals surface area (Å²) in [5, 5.41) is 3.23. The summed E-state index contributed by atoms with van der Waals surface area (Å²) >= 11 is 1.12. The van der Waals surface area contributed by atoms with E-state index in [1.165, 1.54) is 7.11 Å². The Morgan fingerprint density at radius 2 is 2.03 bits per heavy atom. The van der Waals surface area contributed by atoms with Gasteiger partial charge in [0.2, 0.25) is 5.91 Å². The van der Waals surface area contributed by atoms with E-state index in [9.17, 15) is 14.4 Å². The molecule has 0 saturated heterocycles. The van der Waals surface area contributed by atoms with E-state index in [0.717, 1.165) is 11.3 Å². The molecular weight excluding hydrogens is 448 g/mol. The van der Waals surface area contributed by atoms with Gasteiger partial charge in [-0.2, -0.15) is 0 Å². The van der Waals surface area contributed by atoms with Crippen LogP contribution < -0.4 is 20.3 Å². The van der Waals surface area contributed by atoms with Gasteiger partial charge in [0.1, 0.15) is 28.7 Å². The number of hydrogen-bond donors (Lipinski definition) is 2. The molecule has 0 aliphatic carbocycles. The van der Waals surface area contributed by atoms with Gasteiger partial charge in [-0.1, -0.05) is 6.92 Å². The Balaban J connectivity index is 1.46. The Labute approximate surface area is 193 Å². The van der Waals surface area contributed by atoms with Crippen LogP contribution in [0.4, 0.5) is 5.69 Å². The predicted octanol–water partition coefficient (Wildman–Crippen LogP) is 2.31. The van der Waals surface area contributed by atoms with Crippen LogP contribution >= 0.6 is 11.3 Å². The lowest BCUT2D eigenvalue weighted by atomic mass is 10.2. The molecule has 0 saturated carbocycles. The smallest absolute Gasteiger partial charge is 0.348 e. The summed E-state index contributed by atoms with van der Waals surface area (Å²) in [6.45, 7) is 5.51. The molecular formula is C22H24N4O6S. The number of carbonyl (C=O) groups is 2. The highest BCUT2D eigenvalue weighted by Crippen LogP contribution is 2.32. The van der Waals surface area contributed by atoms with E-state index in [1.807, 2.05) is 11.8 Å². The number of fused-ring (bicyclic) bond motifs is 2. The summed E-state index contributed by atoms with van der Waals surface area (Å²) in [7, 11) is 1.30. The Kier molecular flexibility index (Phi) is 6.61. The first-order chi connectivity index (χ1) is 15.9. The number of likely N-dealkylation sites (N-methyl/N-ethyl adjacent to an activating group) is 1. The number of anilines is 1. The SMILES string of the molecule is CCN(CC(=O)Nc1ccc2c(c1)OCCO2)Cc1nc2sc(C(=O)OC)c(C)c2c(=O)[nH]1. The zero-order valence-corrected chi connectivity index (χ0v) is 19.3. The van der Waals surface area contributed by atoms with Gasteiger partial charge in [0, 0.05) is 11.8 Å². The number of esters is 1. The van der Waals surface area contributed by atoms with Crippen molar-refractivity contribution in [2.24, 2.45) is 0 Å². The van der Waals surface area contributed by atoms with Crippen LogP contribution in [0.3, 0.4) is 0 Å². The molecule has 0 radical (unpaired) electrons. The number of hydrogen-bond acceptors (Lipinski definition) is 9. The van der Waals surface area contributed by atoms with Crippen LogP contribution in [-0.2, 0) is 16.1 Å². The minimum atomic E-state index is -0.498. The van der Waals surface area contributed by atoms with Crippen molar-refractivity contribution in [3.63, 3.8) is 0 Å². The van der Waals surface area contributed by atoms with Crippen LogP contribution in [0.15, 0.2) is 23.0 Å². The van der Waals surface area contributed by atoms with E-state index in [2.05, 4.69) is 15.3 Å². The van der Waals surface area contributed by atoms with E-state index in [4.69, 9.17) is 14.2 Å². The maximum absolute atomic E-state index is 12.6. The second-order valence-corrected chi connectivity index (χ2v) is 8.45. The van der Waals surface area contributed by atoms with Crippen molar-refractivity contribution in [3.8, 4) is 11.5 Å². The molecule has 1 aliphatic heterocycles. The number of ether oxygens (including phenoxy) is 3. The molecule has 3 heterocycles. The van der Waals surface area contributed by atoms with Crippen molar-refractivity contribution >= 4 is 39.1 Å². The summed E-state index contributed by atoms with van der Waals surface area (Å²) in [6, 6.07) is 5.25. The number of nitrogens with zero attached hydrogens (tertiary/aromatic N) is 2. The normalized spacial score (nSPS) is 12.7. The van der Waals surface area contributed by atoms with Crippen molar-refractivity contribution in [1.82, 2.24) is 14.9 Å². The van der Waals surface area contributed by atoms with E-state index < -0.39 is 5.97 Å². The zero-order chi connectivity index (χ0) is 23.5. The molecule has 4 rings (SSSR count). The summed E-state index contributed by atoms with van der Waals surface area (Å²) in [5.41, 5.74) is 0.835.